The molecule has 0 saturated heterocycles. The fourth-order valence-corrected chi connectivity index (χ4v) is 3.67. The van der Waals surface area contributed by atoms with E-state index in [4.69, 9.17) is 9.84 Å². The predicted molar refractivity (Wildman–Crippen MR) is 66.7 cm³/mol. The summed E-state index contributed by atoms with van der Waals surface area (Å²) in [4.78, 5) is 0. The van der Waals surface area contributed by atoms with E-state index >= 15 is 0 Å². The van der Waals surface area contributed by atoms with Crippen LogP contribution in [0.25, 0.3) is 0 Å². The van der Waals surface area contributed by atoms with Crippen molar-refractivity contribution < 1.29 is 9.84 Å². The van der Waals surface area contributed by atoms with E-state index in [0.717, 1.165) is 19.4 Å². The Morgan fingerprint density at radius 3 is 2.73 bits per heavy atom. The van der Waals surface area contributed by atoms with Gasteiger partial charge in [0.2, 0.25) is 0 Å². The largest absolute Gasteiger partial charge is 0.396 e. The molecule has 0 amide bonds. The predicted octanol–water partition coefficient (Wildman–Crippen LogP) is 2.52. The first-order valence-corrected chi connectivity index (χ1v) is 9.13. The minimum absolute atomic E-state index is 0.218. The van der Waals surface area contributed by atoms with Gasteiger partial charge in [-0.3, -0.25) is 0 Å². The van der Waals surface area contributed by atoms with Crippen molar-refractivity contribution in [2.75, 3.05) is 19.8 Å². The molecule has 1 N–H and O–H groups in total. The molecule has 1 aliphatic rings. The Morgan fingerprint density at radius 1 is 1.40 bits per heavy atom. The van der Waals surface area contributed by atoms with Gasteiger partial charge in [-0.05, 0) is 18.4 Å². The van der Waals surface area contributed by atoms with Crippen LogP contribution in [0.1, 0.15) is 12.8 Å². The molecule has 1 rings (SSSR count). The molecular weight excluding hydrogens is 204 g/mol. The van der Waals surface area contributed by atoms with E-state index < -0.39 is 8.07 Å². The molecule has 86 valence electrons. The Morgan fingerprint density at radius 2 is 2.13 bits per heavy atom. The Labute approximate surface area is 93.7 Å². The lowest BCUT2D eigenvalue weighted by Crippen LogP contribution is -2.24. The van der Waals surface area contributed by atoms with E-state index in [9.17, 15) is 0 Å². The highest BCUT2D eigenvalue weighted by Crippen LogP contribution is 2.28. The second-order valence-electron chi connectivity index (χ2n) is 4.99. The molecule has 0 aromatic rings. The highest BCUT2D eigenvalue weighted by atomic mass is 28.3. The van der Waals surface area contributed by atoms with Gasteiger partial charge in [-0.1, -0.05) is 37.0 Å². The highest BCUT2D eigenvalue weighted by molar-refractivity contribution is 6.83. The van der Waals surface area contributed by atoms with Crippen molar-refractivity contribution in [2.45, 2.75) is 32.5 Å². The van der Waals surface area contributed by atoms with Crippen LogP contribution in [0.3, 0.4) is 0 Å². The SMILES string of the molecule is C[Si](C)(C)C1=C(COCCCO)C=CC1. The number of allylic oxidation sites excluding steroid dienone is 2. The van der Waals surface area contributed by atoms with Crippen LogP contribution in [-0.4, -0.2) is 33.0 Å². The van der Waals surface area contributed by atoms with Crippen LogP contribution in [0.2, 0.25) is 19.6 Å². The lowest BCUT2D eigenvalue weighted by atomic mass is 10.3. The Bertz CT molecular complexity index is 261. The van der Waals surface area contributed by atoms with E-state index in [1.165, 1.54) is 5.57 Å². The number of hydrogen-bond acceptors (Lipinski definition) is 2. The number of ether oxygens (including phenoxy) is 1. The average Bonchev–Trinajstić information content (AvgIpc) is 2.59. The number of aliphatic hydroxyl groups is 1. The maximum Gasteiger partial charge on any atom is 0.0733 e. The van der Waals surface area contributed by atoms with Crippen molar-refractivity contribution in [1.29, 1.82) is 0 Å². The van der Waals surface area contributed by atoms with E-state index in [1.54, 1.807) is 5.20 Å². The number of hydrogen-bond donors (Lipinski definition) is 1. The fraction of sp³-hybridized carbons (Fsp3) is 0.667. The van der Waals surface area contributed by atoms with Crippen LogP contribution in [0.4, 0.5) is 0 Å². The molecule has 0 aromatic heterocycles. The van der Waals surface area contributed by atoms with Gasteiger partial charge in [0.1, 0.15) is 0 Å². The van der Waals surface area contributed by atoms with Crippen LogP contribution in [0.5, 0.6) is 0 Å². The average molecular weight is 226 g/mol. The molecule has 0 unspecified atom stereocenters. The van der Waals surface area contributed by atoms with Crippen molar-refractivity contribution in [3.63, 3.8) is 0 Å². The summed E-state index contributed by atoms with van der Waals surface area (Å²) >= 11 is 0. The third-order valence-electron chi connectivity index (χ3n) is 2.64. The van der Waals surface area contributed by atoms with Crippen LogP contribution >= 0.6 is 0 Å². The molecule has 0 heterocycles. The van der Waals surface area contributed by atoms with Gasteiger partial charge in [0.15, 0.2) is 0 Å². The second-order valence-corrected chi connectivity index (χ2v) is 10.1. The molecule has 0 aliphatic heterocycles. The molecule has 0 saturated carbocycles. The quantitative estimate of drug-likeness (QED) is 0.557. The van der Waals surface area contributed by atoms with Crippen LogP contribution in [0, 0.1) is 0 Å². The smallest absolute Gasteiger partial charge is 0.0733 e. The fourth-order valence-electron chi connectivity index (χ4n) is 1.82. The summed E-state index contributed by atoms with van der Waals surface area (Å²) < 4.78 is 5.54. The maximum absolute atomic E-state index is 8.64. The minimum Gasteiger partial charge on any atom is -0.396 e. The Balaban J connectivity index is 2.47. The molecule has 0 spiro atoms. The first kappa shape index (κ1) is 12.7. The molecule has 1 aliphatic carbocycles. The van der Waals surface area contributed by atoms with Gasteiger partial charge in [0.05, 0.1) is 14.7 Å². The van der Waals surface area contributed by atoms with Gasteiger partial charge in [0, 0.05) is 13.2 Å². The topological polar surface area (TPSA) is 29.5 Å². The third-order valence-corrected chi connectivity index (χ3v) is 4.97. The molecule has 0 aromatic carbocycles. The van der Waals surface area contributed by atoms with E-state index in [1.807, 2.05) is 0 Å². The zero-order valence-electron chi connectivity index (χ0n) is 10.0. The first-order valence-electron chi connectivity index (χ1n) is 5.63. The van der Waals surface area contributed by atoms with Crippen molar-refractivity contribution in [3.05, 3.63) is 22.9 Å². The van der Waals surface area contributed by atoms with Gasteiger partial charge in [0.25, 0.3) is 0 Å². The monoisotopic (exact) mass is 226 g/mol. The van der Waals surface area contributed by atoms with Gasteiger partial charge in [-0.2, -0.15) is 0 Å². The Hall–Kier alpha value is -0.383. The maximum atomic E-state index is 8.64. The molecule has 2 nitrogen and oxygen atoms in total. The molecule has 0 atom stereocenters. The summed E-state index contributed by atoms with van der Waals surface area (Å²) in [6.07, 6.45) is 6.29. The summed E-state index contributed by atoms with van der Waals surface area (Å²) in [5.74, 6) is 0. The number of rotatable bonds is 6. The molecule has 0 radical (unpaired) electrons. The molecular formula is C12H22O2Si. The van der Waals surface area contributed by atoms with Gasteiger partial charge >= 0.3 is 0 Å². The van der Waals surface area contributed by atoms with Crippen LogP contribution < -0.4 is 0 Å². The standard InChI is InChI=1S/C12H22O2Si/c1-15(2,3)12-7-4-6-11(12)10-14-9-5-8-13/h4,6,13H,5,7-10H2,1-3H3. The summed E-state index contributed by atoms with van der Waals surface area (Å²) in [5, 5.41) is 10.3. The van der Waals surface area contributed by atoms with E-state index in [0.29, 0.717) is 6.61 Å². The molecule has 0 bridgehead atoms. The minimum atomic E-state index is -1.17. The van der Waals surface area contributed by atoms with Crippen molar-refractivity contribution >= 4 is 8.07 Å². The van der Waals surface area contributed by atoms with E-state index in [-0.39, 0.29) is 6.61 Å². The van der Waals surface area contributed by atoms with Crippen LogP contribution in [-0.2, 0) is 4.74 Å². The van der Waals surface area contributed by atoms with Crippen molar-refractivity contribution in [1.82, 2.24) is 0 Å². The Kier molecular flexibility index (Phi) is 4.76. The van der Waals surface area contributed by atoms with Gasteiger partial charge in [-0.25, -0.2) is 0 Å². The third kappa shape index (κ3) is 3.93. The zero-order chi connectivity index (χ0) is 11.3. The molecule has 3 heteroatoms. The number of aliphatic hydroxyl groups excluding tert-OH is 1. The van der Waals surface area contributed by atoms with Crippen molar-refractivity contribution in [2.24, 2.45) is 0 Å². The zero-order valence-corrected chi connectivity index (χ0v) is 11.0. The van der Waals surface area contributed by atoms with Crippen molar-refractivity contribution in [3.8, 4) is 0 Å². The summed E-state index contributed by atoms with van der Waals surface area (Å²) in [5.41, 5.74) is 1.38. The molecule has 0 fully saturated rings. The lowest BCUT2D eigenvalue weighted by Gasteiger charge is -2.20. The lowest BCUT2D eigenvalue weighted by molar-refractivity contribution is 0.135. The highest BCUT2D eigenvalue weighted by Gasteiger charge is 2.23. The van der Waals surface area contributed by atoms with Crippen LogP contribution in [0.15, 0.2) is 22.9 Å². The first-order chi connectivity index (χ1) is 7.05. The second kappa shape index (κ2) is 5.63. The summed E-state index contributed by atoms with van der Waals surface area (Å²) in [7, 11) is -1.17. The van der Waals surface area contributed by atoms with Gasteiger partial charge < -0.3 is 9.84 Å². The normalized spacial score (nSPS) is 16.5. The molecule has 15 heavy (non-hydrogen) atoms. The summed E-state index contributed by atoms with van der Waals surface area (Å²) in [6.45, 7) is 8.73. The summed E-state index contributed by atoms with van der Waals surface area (Å²) in [6, 6.07) is 0. The van der Waals surface area contributed by atoms with Gasteiger partial charge in [-0.15, -0.1) is 0 Å². The van der Waals surface area contributed by atoms with E-state index in [2.05, 4.69) is 31.8 Å².